The summed E-state index contributed by atoms with van der Waals surface area (Å²) in [4.78, 5) is 4.10. The molecule has 1 unspecified atom stereocenters. The van der Waals surface area contributed by atoms with Crippen molar-refractivity contribution in [3.8, 4) is 0 Å². The van der Waals surface area contributed by atoms with Gasteiger partial charge in [-0.25, -0.2) is 0 Å². The standard InChI is InChI=1S/C20H34Cl2N2O2Si/c1-5-27(6-2,7-3)26-18(19-16(21)12-23-13-17(19)22)14-24-15-20(25-4)10-8-9-11-20/h12-13,18,24H,5-11,14-15H2,1-4H3. The normalized spacial score (nSPS) is 18.0. The molecule has 1 N–H and O–H groups in total. The van der Waals surface area contributed by atoms with E-state index in [9.17, 15) is 0 Å². The molecule has 0 bridgehead atoms. The average Bonchev–Trinajstić information content (AvgIpc) is 3.15. The van der Waals surface area contributed by atoms with E-state index in [4.69, 9.17) is 32.4 Å². The molecule has 2 rings (SSSR count). The van der Waals surface area contributed by atoms with Crippen molar-refractivity contribution in [1.82, 2.24) is 10.3 Å². The first-order chi connectivity index (χ1) is 12.9. The third-order valence-electron chi connectivity index (χ3n) is 6.26. The van der Waals surface area contributed by atoms with Crippen molar-refractivity contribution in [1.29, 1.82) is 0 Å². The fourth-order valence-corrected chi connectivity index (χ4v) is 7.55. The smallest absolute Gasteiger partial charge is 0.192 e. The van der Waals surface area contributed by atoms with Crippen LogP contribution in [0, 0.1) is 0 Å². The molecule has 1 fully saturated rings. The maximum Gasteiger partial charge on any atom is 0.192 e. The molecule has 7 heteroatoms. The fourth-order valence-electron chi connectivity index (χ4n) is 4.14. The van der Waals surface area contributed by atoms with Crippen molar-refractivity contribution in [2.24, 2.45) is 0 Å². The Kier molecular flexibility index (Phi) is 9.04. The fraction of sp³-hybridized carbons (Fsp3) is 0.750. The molecule has 0 saturated heterocycles. The average molecular weight is 433 g/mol. The predicted molar refractivity (Wildman–Crippen MR) is 116 cm³/mol. The van der Waals surface area contributed by atoms with E-state index in [2.05, 4.69) is 31.1 Å². The van der Waals surface area contributed by atoms with Crippen LogP contribution in [-0.2, 0) is 9.16 Å². The highest BCUT2D eigenvalue weighted by Crippen LogP contribution is 2.37. The van der Waals surface area contributed by atoms with Gasteiger partial charge in [-0.3, -0.25) is 4.98 Å². The number of hydrogen-bond acceptors (Lipinski definition) is 4. The second-order valence-corrected chi connectivity index (χ2v) is 13.1. The Morgan fingerprint density at radius 3 is 2.15 bits per heavy atom. The second kappa shape index (κ2) is 10.6. The lowest BCUT2D eigenvalue weighted by Gasteiger charge is -2.35. The van der Waals surface area contributed by atoms with Crippen molar-refractivity contribution in [2.75, 3.05) is 20.2 Å². The van der Waals surface area contributed by atoms with Gasteiger partial charge in [0.1, 0.15) is 0 Å². The first-order valence-electron chi connectivity index (χ1n) is 10.2. The van der Waals surface area contributed by atoms with Crippen molar-refractivity contribution in [3.05, 3.63) is 28.0 Å². The van der Waals surface area contributed by atoms with E-state index in [1.807, 2.05) is 7.11 Å². The highest BCUT2D eigenvalue weighted by atomic mass is 35.5. The molecule has 1 aliphatic rings. The number of halogens is 2. The zero-order valence-corrected chi connectivity index (χ0v) is 19.6. The molecular formula is C20H34Cl2N2O2Si. The van der Waals surface area contributed by atoms with Crippen molar-refractivity contribution in [2.45, 2.75) is 76.3 Å². The van der Waals surface area contributed by atoms with Gasteiger partial charge in [-0.1, -0.05) is 56.8 Å². The highest BCUT2D eigenvalue weighted by molar-refractivity contribution is 6.73. The molecule has 27 heavy (non-hydrogen) atoms. The van der Waals surface area contributed by atoms with E-state index in [0.29, 0.717) is 16.6 Å². The number of ether oxygens (including phenoxy) is 1. The molecule has 4 nitrogen and oxygen atoms in total. The zero-order chi connectivity index (χ0) is 19.9. The minimum absolute atomic E-state index is 0.0504. The molecule has 1 aliphatic carbocycles. The molecule has 1 heterocycles. The van der Waals surface area contributed by atoms with Gasteiger partial charge in [0.15, 0.2) is 8.32 Å². The largest absolute Gasteiger partial charge is 0.409 e. The Morgan fingerprint density at radius 2 is 1.67 bits per heavy atom. The second-order valence-electron chi connectivity index (χ2n) is 7.59. The molecule has 0 spiro atoms. The quantitative estimate of drug-likeness (QED) is 0.435. The van der Waals surface area contributed by atoms with E-state index in [0.717, 1.165) is 43.1 Å². The third-order valence-corrected chi connectivity index (χ3v) is 11.5. The van der Waals surface area contributed by atoms with E-state index >= 15 is 0 Å². The zero-order valence-electron chi connectivity index (χ0n) is 17.1. The molecule has 154 valence electrons. The third kappa shape index (κ3) is 5.68. The van der Waals surface area contributed by atoms with E-state index < -0.39 is 8.32 Å². The van der Waals surface area contributed by atoms with E-state index in [1.54, 1.807) is 12.4 Å². The van der Waals surface area contributed by atoms with Crippen LogP contribution >= 0.6 is 23.2 Å². The van der Waals surface area contributed by atoms with Crippen LogP contribution in [0.3, 0.4) is 0 Å². The summed E-state index contributed by atoms with van der Waals surface area (Å²) in [6.45, 7) is 8.19. The predicted octanol–water partition coefficient (Wildman–Crippen LogP) is 6.00. The monoisotopic (exact) mass is 432 g/mol. The topological polar surface area (TPSA) is 43.4 Å². The lowest BCUT2D eigenvalue weighted by atomic mass is 10.0. The van der Waals surface area contributed by atoms with Crippen molar-refractivity contribution >= 4 is 31.5 Å². The number of nitrogens with one attached hydrogen (secondary N) is 1. The summed E-state index contributed by atoms with van der Waals surface area (Å²) in [6.07, 6.45) is 7.81. The van der Waals surface area contributed by atoms with Gasteiger partial charge in [0.2, 0.25) is 0 Å². The SMILES string of the molecule is CC[Si](CC)(CC)OC(CNCC1(OC)CCCC1)c1c(Cl)cncc1Cl. The summed E-state index contributed by atoms with van der Waals surface area (Å²) in [7, 11) is -0.00632. The Hall–Kier alpha value is -0.173. The van der Waals surface area contributed by atoms with Crippen LogP contribution in [0.15, 0.2) is 12.4 Å². The molecular weight excluding hydrogens is 399 g/mol. The van der Waals surface area contributed by atoms with Gasteiger partial charge in [-0.2, -0.15) is 0 Å². The summed E-state index contributed by atoms with van der Waals surface area (Å²) < 4.78 is 12.6. The summed E-state index contributed by atoms with van der Waals surface area (Å²) in [5.74, 6) is 0. The number of nitrogens with zero attached hydrogens (tertiary/aromatic N) is 1. The maximum absolute atomic E-state index is 6.80. The van der Waals surface area contributed by atoms with E-state index in [-0.39, 0.29) is 11.7 Å². The van der Waals surface area contributed by atoms with Gasteiger partial charge >= 0.3 is 0 Å². The number of rotatable bonds is 11. The van der Waals surface area contributed by atoms with Crippen LogP contribution in [0.1, 0.15) is 58.1 Å². The van der Waals surface area contributed by atoms with Gasteiger partial charge in [-0.15, -0.1) is 0 Å². The Bertz CT molecular complexity index is 565. The number of pyridine rings is 1. The minimum Gasteiger partial charge on any atom is -0.409 e. The summed E-state index contributed by atoms with van der Waals surface area (Å²) >= 11 is 13.0. The molecule has 0 aromatic carbocycles. The van der Waals surface area contributed by atoms with Crippen molar-refractivity contribution in [3.63, 3.8) is 0 Å². The molecule has 0 radical (unpaired) electrons. The molecule has 0 aliphatic heterocycles. The summed E-state index contributed by atoms with van der Waals surface area (Å²) in [6, 6.07) is 3.25. The van der Waals surface area contributed by atoms with Crippen LogP contribution in [0.2, 0.25) is 28.2 Å². The van der Waals surface area contributed by atoms with Crippen molar-refractivity contribution < 1.29 is 9.16 Å². The number of aromatic nitrogens is 1. The number of methoxy groups -OCH3 is 1. The Balaban J connectivity index is 2.19. The van der Waals surface area contributed by atoms with Crippen LogP contribution in [0.4, 0.5) is 0 Å². The summed E-state index contributed by atoms with van der Waals surface area (Å²) in [5, 5.41) is 4.75. The van der Waals surface area contributed by atoms with Gasteiger partial charge < -0.3 is 14.5 Å². The first kappa shape index (κ1) is 23.1. The molecule has 0 amide bonds. The number of hydrogen-bond donors (Lipinski definition) is 1. The van der Waals surface area contributed by atoms with Gasteiger partial charge in [0.25, 0.3) is 0 Å². The minimum atomic E-state index is -1.83. The maximum atomic E-state index is 6.80. The first-order valence-corrected chi connectivity index (χ1v) is 13.5. The lowest BCUT2D eigenvalue weighted by molar-refractivity contribution is -0.00491. The van der Waals surface area contributed by atoms with Crippen LogP contribution in [-0.4, -0.2) is 39.1 Å². The molecule has 1 aromatic heterocycles. The van der Waals surface area contributed by atoms with Gasteiger partial charge in [0.05, 0.1) is 21.8 Å². The van der Waals surface area contributed by atoms with Crippen LogP contribution < -0.4 is 5.32 Å². The molecule has 1 aromatic rings. The molecule has 1 atom stereocenters. The van der Waals surface area contributed by atoms with Crippen LogP contribution in [0.5, 0.6) is 0 Å². The van der Waals surface area contributed by atoms with E-state index in [1.165, 1.54) is 12.8 Å². The Labute approximate surface area is 175 Å². The van der Waals surface area contributed by atoms with Crippen LogP contribution in [0.25, 0.3) is 0 Å². The highest BCUT2D eigenvalue weighted by Gasteiger charge is 2.36. The van der Waals surface area contributed by atoms with Gasteiger partial charge in [-0.05, 0) is 31.0 Å². The molecule has 1 saturated carbocycles. The Morgan fingerprint density at radius 1 is 1.11 bits per heavy atom. The summed E-state index contributed by atoms with van der Waals surface area (Å²) in [5.41, 5.74) is 0.802. The van der Waals surface area contributed by atoms with Gasteiger partial charge in [0, 0.05) is 38.2 Å². The lowest BCUT2D eigenvalue weighted by Crippen LogP contribution is -2.44.